The van der Waals surface area contributed by atoms with Crippen LogP contribution in [0.5, 0.6) is 0 Å². The van der Waals surface area contributed by atoms with Gasteiger partial charge in [0, 0.05) is 30.9 Å². The van der Waals surface area contributed by atoms with Crippen molar-refractivity contribution in [1.82, 2.24) is 25.0 Å². The number of anilines is 2. The number of pyridine rings is 1. The lowest BCUT2D eigenvalue weighted by Gasteiger charge is -2.35. The van der Waals surface area contributed by atoms with Gasteiger partial charge in [0.25, 0.3) is 0 Å². The molecule has 0 bridgehead atoms. The van der Waals surface area contributed by atoms with Crippen molar-refractivity contribution in [2.45, 2.75) is 19.4 Å². The maximum absolute atomic E-state index is 12.5. The van der Waals surface area contributed by atoms with Crippen LogP contribution in [0, 0.1) is 0 Å². The van der Waals surface area contributed by atoms with Crippen LogP contribution in [-0.2, 0) is 21.2 Å². The molecule has 1 atom stereocenters. The molecule has 2 aliphatic heterocycles. The Kier molecular flexibility index (Phi) is 3.85. The van der Waals surface area contributed by atoms with Crippen LogP contribution in [0.2, 0.25) is 0 Å². The number of fused-ring (bicyclic) bond motifs is 3. The zero-order valence-corrected chi connectivity index (χ0v) is 16.5. The fourth-order valence-electron chi connectivity index (χ4n) is 4.04. The Bertz CT molecular complexity index is 1140. The number of hydrogen-bond donors (Lipinski definition) is 1. The monoisotopic (exact) mass is 403 g/mol. The van der Waals surface area contributed by atoms with E-state index in [1.54, 1.807) is 23.1 Å². The predicted octanol–water partition coefficient (Wildman–Crippen LogP) is 0.691. The van der Waals surface area contributed by atoms with Crippen molar-refractivity contribution in [2.24, 2.45) is 0 Å². The number of nitrogens with zero attached hydrogens (tertiary/aromatic N) is 6. The molecular weight excluding hydrogens is 382 g/mol. The Morgan fingerprint density at radius 3 is 2.89 bits per heavy atom. The lowest BCUT2D eigenvalue weighted by Crippen LogP contribution is -2.44. The zero-order valence-electron chi connectivity index (χ0n) is 15.7. The molecule has 0 spiro atoms. The molecule has 0 amide bonds. The van der Waals surface area contributed by atoms with Crippen LogP contribution in [0.4, 0.5) is 11.5 Å². The van der Waals surface area contributed by atoms with Crippen molar-refractivity contribution < 1.29 is 13.2 Å². The molecule has 0 aliphatic carbocycles. The van der Waals surface area contributed by atoms with Crippen LogP contribution in [0.3, 0.4) is 0 Å². The second kappa shape index (κ2) is 6.17. The van der Waals surface area contributed by atoms with Crippen LogP contribution in [0.15, 0.2) is 18.5 Å². The van der Waals surface area contributed by atoms with Crippen LogP contribution < -0.4 is 9.21 Å². The van der Waals surface area contributed by atoms with Gasteiger partial charge in [-0.2, -0.15) is 14.9 Å². The Morgan fingerprint density at radius 1 is 1.32 bits per heavy atom. The van der Waals surface area contributed by atoms with Gasteiger partial charge in [-0.25, -0.2) is 13.4 Å². The van der Waals surface area contributed by atoms with Gasteiger partial charge in [0.1, 0.15) is 5.82 Å². The Morgan fingerprint density at radius 2 is 2.18 bits per heavy atom. The van der Waals surface area contributed by atoms with Gasteiger partial charge in [-0.1, -0.05) is 0 Å². The maximum Gasteiger partial charge on any atom is 0.232 e. The van der Waals surface area contributed by atoms with E-state index in [4.69, 9.17) is 9.72 Å². The lowest BCUT2D eigenvalue weighted by atomic mass is 10.1. The standard InChI is InChI=1S/C17H21N7O3S/c1-11-10-27-8-7-22(11)16-12-4-6-23(28(2,25)26)15(12)13-9-19-24(17(13)20-16)14-3-5-18-21-14/h3,5,9,11H,4,6-8,10H2,1-2H3,(H,18,21). The van der Waals surface area contributed by atoms with Crippen LogP contribution in [0.25, 0.3) is 16.9 Å². The van der Waals surface area contributed by atoms with E-state index in [-0.39, 0.29) is 6.04 Å². The van der Waals surface area contributed by atoms with E-state index < -0.39 is 10.0 Å². The van der Waals surface area contributed by atoms with E-state index in [1.807, 2.05) is 0 Å². The van der Waals surface area contributed by atoms with E-state index in [2.05, 4.69) is 27.1 Å². The number of aromatic amines is 1. The molecular formula is C17H21N7O3S. The summed E-state index contributed by atoms with van der Waals surface area (Å²) < 4.78 is 33.6. The van der Waals surface area contributed by atoms with Crippen LogP contribution in [0.1, 0.15) is 12.5 Å². The summed E-state index contributed by atoms with van der Waals surface area (Å²) in [6, 6.07) is 1.95. The number of nitrogens with one attached hydrogen (secondary N) is 1. The van der Waals surface area contributed by atoms with E-state index >= 15 is 0 Å². The summed E-state index contributed by atoms with van der Waals surface area (Å²) in [4.78, 5) is 7.15. The summed E-state index contributed by atoms with van der Waals surface area (Å²) in [6.07, 6.45) is 5.25. The highest BCUT2D eigenvalue weighted by Gasteiger charge is 2.35. The van der Waals surface area contributed by atoms with Gasteiger partial charge in [-0.05, 0) is 13.3 Å². The minimum absolute atomic E-state index is 0.150. The summed E-state index contributed by atoms with van der Waals surface area (Å²) in [5.74, 6) is 1.41. The van der Waals surface area contributed by atoms with Gasteiger partial charge in [-0.3, -0.25) is 9.40 Å². The van der Waals surface area contributed by atoms with Crippen molar-refractivity contribution in [3.8, 4) is 5.82 Å². The molecule has 0 radical (unpaired) electrons. The highest BCUT2D eigenvalue weighted by molar-refractivity contribution is 7.92. The second-order valence-electron chi connectivity index (χ2n) is 7.19. The van der Waals surface area contributed by atoms with Crippen molar-refractivity contribution in [1.29, 1.82) is 0 Å². The van der Waals surface area contributed by atoms with Gasteiger partial charge in [0.15, 0.2) is 11.5 Å². The quantitative estimate of drug-likeness (QED) is 0.685. The number of hydrogen-bond acceptors (Lipinski definition) is 7. The van der Waals surface area contributed by atoms with Crippen molar-refractivity contribution in [3.63, 3.8) is 0 Å². The molecule has 0 saturated carbocycles. The van der Waals surface area contributed by atoms with Gasteiger partial charge >= 0.3 is 0 Å². The van der Waals surface area contributed by atoms with E-state index in [9.17, 15) is 8.42 Å². The smallest absolute Gasteiger partial charge is 0.232 e. The highest BCUT2D eigenvalue weighted by atomic mass is 32.2. The maximum atomic E-state index is 12.5. The molecule has 1 N–H and O–H groups in total. The fraction of sp³-hybridized carbons (Fsp3) is 0.471. The summed E-state index contributed by atoms with van der Waals surface area (Å²) in [6.45, 7) is 4.44. The first-order chi connectivity index (χ1) is 13.4. The predicted molar refractivity (Wildman–Crippen MR) is 105 cm³/mol. The molecule has 1 fully saturated rings. The summed E-state index contributed by atoms with van der Waals surface area (Å²) in [5, 5.41) is 12.1. The number of aromatic nitrogens is 5. The van der Waals surface area contributed by atoms with Gasteiger partial charge in [0.2, 0.25) is 10.0 Å². The second-order valence-corrected chi connectivity index (χ2v) is 9.10. The number of sulfonamides is 1. The lowest BCUT2D eigenvalue weighted by molar-refractivity contribution is 0.0985. The number of rotatable bonds is 3. The summed E-state index contributed by atoms with van der Waals surface area (Å²) in [5.41, 5.74) is 2.23. The average molecular weight is 403 g/mol. The summed E-state index contributed by atoms with van der Waals surface area (Å²) >= 11 is 0. The molecule has 1 saturated heterocycles. The third kappa shape index (κ3) is 2.57. The molecule has 11 heteroatoms. The van der Waals surface area contributed by atoms with Crippen molar-refractivity contribution >= 4 is 32.6 Å². The first kappa shape index (κ1) is 17.4. The third-order valence-electron chi connectivity index (χ3n) is 5.32. The zero-order chi connectivity index (χ0) is 19.5. The van der Waals surface area contributed by atoms with Crippen LogP contribution in [-0.4, -0.2) is 72.0 Å². The molecule has 3 aromatic heterocycles. The topological polar surface area (TPSA) is 109 Å². The molecule has 5 heterocycles. The normalized spacial score (nSPS) is 20.1. The molecule has 1 unspecified atom stereocenters. The number of ether oxygens (including phenoxy) is 1. The molecule has 0 aromatic carbocycles. The molecule has 3 aromatic rings. The van der Waals surface area contributed by atoms with E-state index in [0.29, 0.717) is 55.3 Å². The average Bonchev–Trinajstić information content (AvgIpc) is 3.38. The SMILES string of the molecule is CC1COCCN1c1nc2c(cnn2-c2cc[nH]n2)c2c1CCN2S(C)(=O)=O. The Balaban J connectivity index is 1.79. The van der Waals surface area contributed by atoms with Gasteiger partial charge < -0.3 is 9.64 Å². The molecule has 2 aliphatic rings. The first-order valence-corrected chi connectivity index (χ1v) is 11.0. The number of morpholine rings is 1. The third-order valence-corrected chi connectivity index (χ3v) is 6.49. The van der Waals surface area contributed by atoms with Crippen molar-refractivity contribution in [2.75, 3.05) is 41.8 Å². The first-order valence-electron chi connectivity index (χ1n) is 9.18. The molecule has 5 rings (SSSR count). The van der Waals surface area contributed by atoms with Crippen molar-refractivity contribution in [3.05, 3.63) is 24.0 Å². The van der Waals surface area contributed by atoms with E-state index in [1.165, 1.54) is 10.6 Å². The van der Waals surface area contributed by atoms with Crippen LogP contribution >= 0.6 is 0 Å². The summed E-state index contributed by atoms with van der Waals surface area (Å²) in [7, 11) is -3.41. The molecule has 28 heavy (non-hydrogen) atoms. The fourth-order valence-corrected chi connectivity index (χ4v) is 5.01. The highest BCUT2D eigenvalue weighted by Crippen LogP contribution is 2.42. The van der Waals surface area contributed by atoms with E-state index in [0.717, 1.165) is 11.4 Å². The van der Waals surface area contributed by atoms with Gasteiger partial charge in [-0.15, -0.1) is 0 Å². The minimum atomic E-state index is -3.41. The Hall–Kier alpha value is -2.66. The molecule has 148 valence electrons. The number of H-pyrrole nitrogens is 1. The largest absolute Gasteiger partial charge is 0.377 e. The minimum Gasteiger partial charge on any atom is -0.377 e. The van der Waals surface area contributed by atoms with Gasteiger partial charge in [0.05, 0.1) is 42.8 Å². The Labute approximate surface area is 162 Å². The molecule has 10 nitrogen and oxygen atoms in total.